The molecule has 1 saturated heterocycles. The number of β-lactam (4-membered cyclic amide) rings is 1. The lowest BCUT2D eigenvalue weighted by atomic mass is 10.0. The first-order valence-electron chi connectivity index (χ1n) is 12.9. The highest BCUT2D eigenvalue weighted by Gasteiger charge is 2.54. The molecular formula is C25H24N8O11S3. The number of thiazole rings is 2. The molecule has 3 amide bonds. The van der Waals surface area contributed by atoms with Gasteiger partial charge in [0.25, 0.3) is 17.7 Å². The number of allylic oxidation sites excluding steroid dienone is 1. The molecule has 0 bridgehead atoms. The second kappa shape index (κ2) is 15.3. The van der Waals surface area contributed by atoms with E-state index in [0.29, 0.717) is 5.57 Å². The molecule has 0 unspecified atom stereocenters. The van der Waals surface area contributed by atoms with Gasteiger partial charge in [-0.1, -0.05) is 23.0 Å². The van der Waals surface area contributed by atoms with Gasteiger partial charge in [0.2, 0.25) is 13.2 Å². The van der Waals surface area contributed by atoms with E-state index in [4.69, 9.17) is 15.4 Å². The molecule has 1 fully saturated rings. The molecule has 47 heavy (non-hydrogen) atoms. The zero-order valence-electron chi connectivity index (χ0n) is 24.3. The van der Waals surface area contributed by atoms with Crippen LogP contribution in [-0.2, 0) is 47.9 Å². The van der Waals surface area contributed by atoms with Gasteiger partial charge in [-0.25, -0.2) is 24.4 Å². The molecule has 19 nitrogen and oxygen atoms in total. The van der Waals surface area contributed by atoms with Gasteiger partial charge in [-0.3, -0.25) is 24.6 Å². The molecular weight excluding hydrogens is 685 g/mol. The van der Waals surface area contributed by atoms with E-state index in [1.165, 1.54) is 28.6 Å². The van der Waals surface area contributed by atoms with Crippen LogP contribution in [0, 0.1) is 0 Å². The summed E-state index contributed by atoms with van der Waals surface area (Å²) in [4.78, 5) is 93.4. The number of carbonyl (C=O) groups excluding carboxylic acids is 5. The molecule has 2 aromatic heterocycles. The van der Waals surface area contributed by atoms with Gasteiger partial charge in [0.15, 0.2) is 21.7 Å². The van der Waals surface area contributed by atoms with Gasteiger partial charge in [-0.15, -0.1) is 34.4 Å². The van der Waals surface area contributed by atoms with Crippen molar-refractivity contribution in [2.45, 2.75) is 11.4 Å². The third kappa shape index (κ3) is 7.90. The highest BCUT2D eigenvalue weighted by atomic mass is 32.2. The first-order chi connectivity index (χ1) is 22.5. The Kier molecular flexibility index (Phi) is 11.2. The van der Waals surface area contributed by atoms with Crippen LogP contribution >= 0.6 is 34.4 Å². The number of aromatic nitrogens is 2. The Labute approximate surface area is 276 Å². The van der Waals surface area contributed by atoms with E-state index >= 15 is 0 Å². The number of nitrogens with zero attached hydrogens (tertiary/aromatic N) is 5. The molecule has 2 aromatic rings. The standard InChI is InChI=1S/C25H24N8O11S3/c1-4-10-7-45-22-17(21(38)33(22)18(10)23(39)40)29-19(36)16(32-44-6-14(35)42-3)12-9-47-25(28-12)30-20(37)15(11-8-46-24(26)27-11)31-43-5-13(34)41-2/h4,8-9,17,22H,1,5-7H2,2-3H3,(H2,26,27)(H,29,36)(H,39,40)(H,28,30,37)/b31-15-,32-16-/t17-,22-/m1/s1. The number of hydrogen-bond acceptors (Lipinski definition) is 18. The summed E-state index contributed by atoms with van der Waals surface area (Å²) in [5.74, 6) is -5.16. The summed E-state index contributed by atoms with van der Waals surface area (Å²) in [6.07, 6.45) is 1.35. The Bertz CT molecular complexity index is 1720. The van der Waals surface area contributed by atoms with Gasteiger partial charge in [-0.2, -0.15) is 0 Å². The zero-order valence-corrected chi connectivity index (χ0v) is 26.7. The maximum absolute atomic E-state index is 13.4. The lowest BCUT2D eigenvalue weighted by Gasteiger charge is -2.49. The van der Waals surface area contributed by atoms with Gasteiger partial charge >= 0.3 is 17.9 Å². The SMILES string of the molecule is C=CC1=C(C(=O)O)N2C(=O)[C@@H](NC(=O)/C(=N\OCC(=O)OC)c3csc(NC(=O)/C(=N\OCC(=O)OC)c4csc(N)n4)n3)[C@H]2SC1. The van der Waals surface area contributed by atoms with E-state index in [-0.39, 0.29) is 38.8 Å². The van der Waals surface area contributed by atoms with E-state index in [2.05, 4.69) is 47.0 Å². The number of carboxylic acid groups (broad SMARTS) is 1. The Balaban J connectivity index is 1.54. The fourth-order valence-corrected chi connectivity index (χ4v) is 6.41. The van der Waals surface area contributed by atoms with Crippen molar-refractivity contribution in [2.75, 3.05) is 44.2 Å². The molecule has 0 saturated carbocycles. The maximum atomic E-state index is 13.4. The molecule has 0 radical (unpaired) electrons. The highest BCUT2D eigenvalue weighted by molar-refractivity contribution is 8.00. The molecule has 4 heterocycles. The summed E-state index contributed by atoms with van der Waals surface area (Å²) in [5.41, 5.74) is 4.85. The minimum Gasteiger partial charge on any atom is -0.477 e. The van der Waals surface area contributed by atoms with Gasteiger partial charge in [0.05, 0.1) is 14.2 Å². The number of carboxylic acids is 1. The molecule has 22 heteroatoms. The van der Waals surface area contributed by atoms with E-state index < -0.39 is 66.0 Å². The number of nitrogen functional groups attached to an aromatic ring is 1. The monoisotopic (exact) mass is 708 g/mol. The summed E-state index contributed by atoms with van der Waals surface area (Å²) in [7, 11) is 2.26. The Morgan fingerprint density at radius 2 is 1.64 bits per heavy atom. The second-order valence-electron chi connectivity index (χ2n) is 8.89. The van der Waals surface area contributed by atoms with Crippen LogP contribution in [0.5, 0.6) is 0 Å². The van der Waals surface area contributed by atoms with Crippen LogP contribution in [-0.4, -0.2) is 112 Å². The highest BCUT2D eigenvalue weighted by Crippen LogP contribution is 2.40. The molecule has 5 N–H and O–H groups in total. The van der Waals surface area contributed by atoms with Crippen LogP contribution in [0.15, 0.2) is 45.0 Å². The summed E-state index contributed by atoms with van der Waals surface area (Å²) >= 11 is 3.10. The number of esters is 2. The smallest absolute Gasteiger partial charge is 0.352 e. The van der Waals surface area contributed by atoms with Crippen molar-refractivity contribution < 1.29 is 53.0 Å². The van der Waals surface area contributed by atoms with Crippen molar-refractivity contribution in [2.24, 2.45) is 10.3 Å². The number of ether oxygens (including phenoxy) is 2. The molecule has 4 rings (SSSR count). The zero-order chi connectivity index (χ0) is 34.2. The van der Waals surface area contributed by atoms with Crippen LogP contribution in [0.4, 0.5) is 10.3 Å². The number of rotatable bonds is 14. The largest absolute Gasteiger partial charge is 0.477 e. The number of thioether (sulfide) groups is 1. The fraction of sp³-hybridized carbons (Fsp3) is 0.280. The lowest BCUT2D eigenvalue weighted by molar-refractivity contribution is -0.150. The normalized spacial score (nSPS) is 17.6. The molecule has 0 aliphatic carbocycles. The predicted molar refractivity (Wildman–Crippen MR) is 166 cm³/mol. The average molecular weight is 709 g/mol. The van der Waals surface area contributed by atoms with Gasteiger partial charge in [0, 0.05) is 16.5 Å². The number of anilines is 2. The van der Waals surface area contributed by atoms with E-state index in [9.17, 15) is 33.9 Å². The Hall–Kier alpha value is -5.35. The quantitative estimate of drug-likeness (QED) is 0.0837. The van der Waals surface area contributed by atoms with Crippen LogP contribution in [0.3, 0.4) is 0 Å². The van der Waals surface area contributed by atoms with Crippen LogP contribution in [0.1, 0.15) is 11.4 Å². The number of nitrogens with two attached hydrogens (primary N) is 1. The summed E-state index contributed by atoms with van der Waals surface area (Å²) < 4.78 is 8.97. The number of oxime groups is 2. The lowest BCUT2D eigenvalue weighted by Crippen LogP contribution is -2.71. The first-order valence-corrected chi connectivity index (χ1v) is 15.7. The number of aliphatic carboxylic acids is 1. The minimum absolute atomic E-state index is 0.0328. The van der Waals surface area contributed by atoms with Crippen LogP contribution < -0.4 is 16.4 Å². The molecule has 0 aromatic carbocycles. The fourth-order valence-electron chi connectivity index (χ4n) is 3.83. The molecule has 0 spiro atoms. The van der Waals surface area contributed by atoms with Crippen molar-refractivity contribution in [3.05, 3.63) is 46.1 Å². The van der Waals surface area contributed by atoms with E-state index in [0.717, 1.165) is 41.8 Å². The molecule has 2 aliphatic rings. The first kappa shape index (κ1) is 34.5. The third-order valence-electron chi connectivity index (χ3n) is 6.03. The minimum atomic E-state index is -1.32. The van der Waals surface area contributed by atoms with Crippen molar-refractivity contribution in [3.8, 4) is 0 Å². The van der Waals surface area contributed by atoms with Crippen LogP contribution in [0.25, 0.3) is 0 Å². The molecule has 2 atom stereocenters. The van der Waals surface area contributed by atoms with Crippen molar-refractivity contribution in [1.82, 2.24) is 20.2 Å². The predicted octanol–water partition coefficient (Wildman–Crippen LogP) is -0.467. The topological polar surface area (TPSA) is 263 Å². The summed E-state index contributed by atoms with van der Waals surface area (Å²) in [6.45, 7) is 2.32. The summed E-state index contributed by atoms with van der Waals surface area (Å²) in [5, 5.41) is 24.1. The summed E-state index contributed by atoms with van der Waals surface area (Å²) in [6, 6.07) is -1.13. The van der Waals surface area contributed by atoms with Gasteiger partial charge in [0.1, 0.15) is 28.5 Å². The van der Waals surface area contributed by atoms with E-state index in [1.807, 2.05) is 0 Å². The number of methoxy groups -OCH3 is 2. The Morgan fingerprint density at radius 1 is 1.04 bits per heavy atom. The number of hydrogen-bond donors (Lipinski definition) is 4. The average Bonchev–Trinajstić information content (AvgIpc) is 3.70. The number of carbonyl (C=O) groups is 6. The number of nitrogens with one attached hydrogen (secondary N) is 2. The Morgan fingerprint density at radius 3 is 2.19 bits per heavy atom. The second-order valence-corrected chi connectivity index (χ2v) is 11.7. The van der Waals surface area contributed by atoms with Gasteiger partial charge < -0.3 is 35.3 Å². The molecule has 248 valence electrons. The maximum Gasteiger partial charge on any atom is 0.352 e. The molecule has 2 aliphatic heterocycles. The third-order valence-corrected chi connectivity index (χ3v) is 8.76. The van der Waals surface area contributed by atoms with E-state index in [1.54, 1.807) is 0 Å². The van der Waals surface area contributed by atoms with Crippen molar-refractivity contribution >= 4 is 91.8 Å². The number of amides is 3. The van der Waals surface area contributed by atoms with Crippen molar-refractivity contribution in [3.63, 3.8) is 0 Å². The van der Waals surface area contributed by atoms with Gasteiger partial charge in [-0.05, 0) is 5.57 Å². The van der Waals surface area contributed by atoms with Crippen LogP contribution in [0.2, 0.25) is 0 Å². The number of fused-ring (bicyclic) bond motifs is 1. The van der Waals surface area contributed by atoms with Crippen molar-refractivity contribution in [1.29, 1.82) is 0 Å².